The first kappa shape index (κ1) is 10.7. The minimum absolute atomic E-state index is 0.256. The molecule has 1 heterocycles. The topological polar surface area (TPSA) is 29.5 Å². The molecule has 0 saturated carbocycles. The summed E-state index contributed by atoms with van der Waals surface area (Å²) >= 11 is 0. The number of fused-ring (bicyclic) bond motifs is 1. The lowest BCUT2D eigenvalue weighted by Gasteiger charge is -2.16. The maximum Gasteiger partial charge on any atom is 0.414 e. The average molecular weight is 217 g/mol. The van der Waals surface area contributed by atoms with E-state index in [1.165, 1.54) is 5.56 Å². The molecular formula is C13H15NO2. The predicted octanol–water partition coefficient (Wildman–Crippen LogP) is 2.93. The van der Waals surface area contributed by atoms with Gasteiger partial charge in [-0.15, -0.1) is 0 Å². The van der Waals surface area contributed by atoms with Crippen LogP contribution in [0.1, 0.15) is 18.4 Å². The van der Waals surface area contributed by atoms with Crippen LogP contribution in [-0.2, 0) is 4.74 Å². The lowest BCUT2D eigenvalue weighted by Crippen LogP contribution is -2.30. The van der Waals surface area contributed by atoms with Gasteiger partial charge in [-0.25, -0.2) is 4.79 Å². The Morgan fingerprint density at radius 2 is 2.38 bits per heavy atom. The van der Waals surface area contributed by atoms with E-state index in [9.17, 15) is 4.79 Å². The van der Waals surface area contributed by atoms with Gasteiger partial charge in [-0.3, -0.25) is 4.90 Å². The number of amides is 1. The summed E-state index contributed by atoms with van der Waals surface area (Å²) in [5.41, 5.74) is 2.17. The van der Waals surface area contributed by atoms with Crippen LogP contribution in [-0.4, -0.2) is 19.2 Å². The Kier molecular flexibility index (Phi) is 2.95. The molecule has 0 saturated heterocycles. The molecule has 84 valence electrons. The summed E-state index contributed by atoms with van der Waals surface area (Å²) in [6, 6.07) is 7.94. The number of nitrogens with zero attached hydrogens (tertiary/aromatic N) is 1. The van der Waals surface area contributed by atoms with Crippen molar-refractivity contribution in [2.45, 2.75) is 12.8 Å². The minimum Gasteiger partial charge on any atom is -0.445 e. The van der Waals surface area contributed by atoms with E-state index in [4.69, 9.17) is 4.74 Å². The second kappa shape index (κ2) is 4.39. The molecule has 1 aliphatic heterocycles. The molecule has 0 radical (unpaired) electrons. The standard InChI is InChI=1S/C13H15NO2/c1-3-8-16-13(15)14-9-10(2)11-6-4-5-7-12(11)14/h3-7,10H,1,8-9H2,2H3/t10-/m1/s1. The van der Waals surface area contributed by atoms with Crippen LogP contribution in [0, 0.1) is 0 Å². The molecule has 16 heavy (non-hydrogen) atoms. The molecule has 1 atom stereocenters. The van der Waals surface area contributed by atoms with E-state index in [0.29, 0.717) is 12.5 Å². The number of hydrogen-bond acceptors (Lipinski definition) is 2. The molecule has 0 spiro atoms. The molecule has 0 fully saturated rings. The summed E-state index contributed by atoms with van der Waals surface area (Å²) < 4.78 is 5.05. The summed E-state index contributed by atoms with van der Waals surface area (Å²) in [6.07, 6.45) is 1.28. The van der Waals surface area contributed by atoms with Crippen LogP contribution in [0.3, 0.4) is 0 Å². The molecule has 1 aromatic carbocycles. The highest BCUT2D eigenvalue weighted by Crippen LogP contribution is 2.35. The van der Waals surface area contributed by atoms with Gasteiger partial charge in [-0.05, 0) is 11.6 Å². The average Bonchev–Trinajstić information content (AvgIpc) is 2.65. The maximum absolute atomic E-state index is 11.8. The third-order valence-corrected chi connectivity index (χ3v) is 2.76. The number of carbonyl (C=O) groups is 1. The second-order valence-electron chi connectivity index (χ2n) is 3.94. The van der Waals surface area contributed by atoms with Gasteiger partial charge in [0.1, 0.15) is 6.61 Å². The van der Waals surface area contributed by atoms with Gasteiger partial charge in [-0.2, -0.15) is 0 Å². The fraction of sp³-hybridized carbons (Fsp3) is 0.308. The number of anilines is 1. The molecule has 0 aliphatic carbocycles. The number of ether oxygens (including phenoxy) is 1. The minimum atomic E-state index is -0.295. The third kappa shape index (κ3) is 1.81. The molecule has 2 rings (SSSR count). The first-order valence-electron chi connectivity index (χ1n) is 5.38. The van der Waals surface area contributed by atoms with Gasteiger partial charge in [0, 0.05) is 12.5 Å². The van der Waals surface area contributed by atoms with Crippen LogP contribution in [0.5, 0.6) is 0 Å². The summed E-state index contributed by atoms with van der Waals surface area (Å²) in [7, 11) is 0. The Hall–Kier alpha value is -1.77. The van der Waals surface area contributed by atoms with Crippen molar-refractivity contribution in [2.24, 2.45) is 0 Å². The van der Waals surface area contributed by atoms with E-state index in [-0.39, 0.29) is 12.7 Å². The monoisotopic (exact) mass is 217 g/mol. The van der Waals surface area contributed by atoms with Gasteiger partial charge < -0.3 is 4.74 Å². The Morgan fingerprint density at radius 3 is 3.12 bits per heavy atom. The van der Waals surface area contributed by atoms with E-state index in [1.807, 2.05) is 18.2 Å². The van der Waals surface area contributed by atoms with E-state index < -0.39 is 0 Å². The van der Waals surface area contributed by atoms with Crippen molar-refractivity contribution >= 4 is 11.8 Å². The van der Waals surface area contributed by atoms with Crippen molar-refractivity contribution in [3.63, 3.8) is 0 Å². The van der Waals surface area contributed by atoms with Gasteiger partial charge in [-0.1, -0.05) is 37.8 Å². The van der Waals surface area contributed by atoms with Gasteiger partial charge in [0.15, 0.2) is 0 Å². The van der Waals surface area contributed by atoms with Crippen LogP contribution < -0.4 is 4.90 Å². The van der Waals surface area contributed by atoms with Gasteiger partial charge >= 0.3 is 6.09 Å². The Labute approximate surface area is 95.3 Å². The van der Waals surface area contributed by atoms with Crippen molar-refractivity contribution in [1.82, 2.24) is 0 Å². The first-order valence-corrected chi connectivity index (χ1v) is 5.38. The van der Waals surface area contributed by atoms with Crippen LogP contribution in [0.25, 0.3) is 0 Å². The quantitative estimate of drug-likeness (QED) is 0.713. The second-order valence-corrected chi connectivity index (χ2v) is 3.94. The highest BCUT2D eigenvalue weighted by Gasteiger charge is 2.30. The van der Waals surface area contributed by atoms with Crippen LogP contribution >= 0.6 is 0 Å². The molecule has 0 aromatic heterocycles. The molecule has 0 unspecified atom stereocenters. The molecule has 1 amide bonds. The number of para-hydroxylation sites is 1. The fourth-order valence-electron chi connectivity index (χ4n) is 2.00. The van der Waals surface area contributed by atoms with Crippen molar-refractivity contribution in [3.8, 4) is 0 Å². The van der Waals surface area contributed by atoms with Crippen LogP contribution in [0.15, 0.2) is 36.9 Å². The first-order chi connectivity index (χ1) is 7.74. The van der Waals surface area contributed by atoms with Crippen molar-refractivity contribution in [3.05, 3.63) is 42.5 Å². The zero-order valence-electron chi connectivity index (χ0n) is 9.35. The molecule has 3 heteroatoms. The third-order valence-electron chi connectivity index (χ3n) is 2.76. The van der Waals surface area contributed by atoms with Crippen LogP contribution in [0.2, 0.25) is 0 Å². The van der Waals surface area contributed by atoms with Crippen molar-refractivity contribution in [1.29, 1.82) is 0 Å². The summed E-state index contributed by atoms with van der Waals surface area (Å²) in [5.74, 6) is 0.368. The smallest absolute Gasteiger partial charge is 0.414 e. The van der Waals surface area contributed by atoms with Crippen LogP contribution in [0.4, 0.5) is 10.5 Å². The maximum atomic E-state index is 11.8. The highest BCUT2D eigenvalue weighted by molar-refractivity contribution is 5.90. The Balaban J connectivity index is 2.20. The van der Waals surface area contributed by atoms with E-state index in [1.54, 1.807) is 11.0 Å². The SMILES string of the molecule is C=CCOC(=O)N1C[C@@H](C)c2ccccc21. The summed E-state index contributed by atoms with van der Waals surface area (Å²) in [6.45, 7) is 6.58. The molecule has 0 bridgehead atoms. The van der Waals surface area contributed by atoms with E-state index in [2.05, 4.69) is 19.6 Å². The fourth-order valence-corrected chi connectivity index (χ4v) is 2.00. The Morgan fingerprint density at radius 1 is 1.62 bits per heavy atom. The zero-order valence-corrected chi connectivity index (χ0v) is 9.35. The molecule has 0 N–H and O–H groups in total. The van der Waals surface area contributed by atoms with Crippen molar-refractivity contribution < 1.29 is 9.53 Å². The van der Waals surface area contributed by atoms with Crippen molar-refractivity contribution in [2.75, 3.05) is 18.1 Å². The molecule has 3 nitrogen and oxygen atoms in total. The predicted molar refractivity (Wildman–Crippen MR) is 63.7 cm³/mol. The molecular weight excluding hydrogens is 202 g/mol. The summed E-state index contributed by atoms with van der Waals surface area (Å²) in [4.78, 5) is 13.5. The highest BCUT2D eigenvalue weighted by atomic mass is 16.6. The number of carbonyl (C=O) groups excluding carboxylic acids is 1. The summed E-state index contributed by atoms with van der Waals surface area (Å²) in [5, 5.41) is 0. The molecule has 1 aliphatic rings. The van der Waals surface area contributed by atoms with Gasteiger partial charge in [0.25, 0.3) is 0 Å². The number of rotatable bonds is 2. The Bertz CT molecular complexity index is 414. The van der Waals surface area contributed by atoms with E-state index >= 15 is 0 Å². The normalized spacial score (nSPS) is 18.1. The van der Waals surface area contributed by atoms with Gasteiger partial charge in [0.2, 0.25) is 0 Å². The lowest BCUT2D eigenvalue weighted by atomic mass is 10.0. The van der Waals surface area contributed by atoms with E-state index in [0.717, 1.165) is 5.69 Å². The lowest BCUT2D eigenvalue weighted by molar-refractivity contribution is 0.166. The number of hydrogen-bond donors (Lipinski definition) is 0. The van der Waals surface area contributed by atoms with Gasteiger partial charge in [0.05, 0.1) is 5.69 Å². The largest absolute Gasteiger partial charge is 0.445 e. The molecule has 1 aromatic rings. The number of benzene rings is 1. The zero-order chi connectivity index (χ0) is 11.5.